The Balaban J connectivity index is 1.85. The number of carbonyl (C=O) groups excluding carboxylic acids is 2. The zero-order valence-corrected chi connectivity index (χ0v) is 25.0. The van der Waals surface area contributed by atoms with Gasteiger partial charge in [0.15, 0.2) is 6.19 Å². The molecular weight excluding hydrogens is 566 g/mol. The number of pyridine rings is 1. The minimum absolute atomic E-state index is 0.00746. The number of amides is 2. The lowest BCUT2D eigenvalue weighted by Gasteiger charge is -2.36. The molecule has 2 aromatic rings. The van der Waals surface area contributed by atoms with Crippen LogP contribution in [0.3, 0.4) is 0 Å². The normalized spacial score (nSPS) is 23.0. The average molecular weight is 604 g/mol. The second kappa shape index (κ2) is 12.1. The molecule has 0 radical (unpaired) electrons. The molecule has 232 valence electrons. The van der Waals surface area contributed by atoms with Crippen LogP contribution in [0.15, 0.2) is 36.7 Å². The van der Waals surface area contributed by atoms with E-state index in [2.05, 4.69) is 10.3 Å². The Bertz CT molecular complexity index is 1400. The highest BCUT2D eigenvalue weighted by Crippen LogP contribution is 2.38. The van der Waals surface area contributed by atoms with Crippen LogP contribution in [0.5, 0.6) is 0 Å². The van der Waals surface area contributed by atoms with Gasteiger partial charge in [-0.2, -0.15) is 5.26 Å². The van der Waals surface area contributed by atoms with E-state index in [0.29, 0.717) is 5.56 Å². The van der Waals surface area contributed by atoms with E-state index in [9.17, 15) is 28.0 Å². The number of halogens is 4. The van der Waals surface area contributed by atoms with E-state index in [1.807, 2.05) is 27.0 Å². The van der Waals surface area contributed by atoms with Crippen LogP contribution in [0.25, 0.3) is 0 Å². The third-order valence-electron chi connectivity index (χ3n) is 8.33. The van der Waals surface area contributed by atoms with Crippen LogP contribution >= 0.6 is 0 Å². The predicted octanol–water partition coefficient (Wildman–Crippen LogP) is 5.39. The monoisotopic (exact) mass is 603 g/mol. The van der Waals surface area contributed by atoms with Crippen molar-refractivity contribution < 1.29 is 31.9 Å². The first kappa shape index (κ1) is 32.2. The molecule has 3 atom stereocenters. The van der Waals surface area contributed by atoms with Gasteiger partial charge in [0.05, 0.1) is 24.0 Å². The Morgan fingerprint density at radius 2 is 1.86 bits per heavy atom. The summed E-state index contributed by atoms with van der Waals surface area (Å²) in [5.41, 5.74) is -1.01. The van der Waals surface area contributed by atoms with Crippen molar-refractivity contribution in [1.29, 1.82) is 5.26 Å². The van der Waals surface area contributed by atoms with Crippen molar-refractivity contribution in [3.63, 3.8) is 0 Å². The van der Waals surface area contributed by atoms with Crippen LogP contribution in [0.2, 0.25) is 0 Å². The van der Waals surface area contributed by atoms with Gasteiger partial charge in [-0.25, -0.2) is 17.6 Å². The molecule has 2 fully saturated rings. The molecule has 1 N–H and O–H groups in total. The van der Waals surface area contributed by atoms with Crippen molar-refractivity contribution in [2.24, 2.45) is 0 Å². The van der Waals surface area contributed by atoms with Crippen LogP contribution < -0.4 is 10.2 Å². The summed E-state index contributed by atoms with van der Waals surface area (Å²) in [7, 11) is 1.45. The zero-order valence-electron chi connectivity index (χ0n) is 25.0. The van der Waals surface area contributed by atoms with Gasteiger partial charge in [-0.3, -0.25) is 24.4 Å². The molecule has 1 unspecified atom stereocenters. The maximum atomic E-state index is 16.0. The second-order valence-electron chi connectivity index (χ2n) is 12.7. The summed E-state index contributed by atoms with van der Waals surface area (Å²) in [5.74, 6) is -6.05. The minimum atomic E-state index is -2.84. The van der Waals surface area contributed by atoms with Crippen LogP contribution in [0, 0.1) is 23.1 Å². The van der Waals surface area contributed by atoms with E-state index < -0.39 is 71.4 Å². The number of benzene rings is 1. The number of methoxy groups -OCH3 is 1. The third-order valence-corrected chi connectivity index (χ3v) is 8.33. The SMILES string of the molecule is CO[C@]1(C)C[C@H](C(=O)N(c2ccc(C(C)(C)C)cc2F)C(C(=O)NC2CCC(F)(F)CC2)c2cncc(F)c2)N(C#N)C1. The van der Waals surface area contributed by atoms with E-state index in [1.54, 1.807) is 13.0 Å². The molecular formula is C31H37F4N5O3. The molecule has 1 aliphatic heterocycles. The van der Waals surface area contributed by atoms with Crippen molar-refractivity contribution in [2.75, 3.05) is 18.6 Å². The van der Waals surface area contributed by atoms with Gasteiger partial charge in [0.25, 0.3) is 5.91 Å². The lowest BCUT2D eigenvalue weighted by Crippen LogP contribution is -2.52. The van der Waals surface area contributed by atoms with E-state index >= 15 is 4.39 Å². The predicted molar refractivity (Wildman–Crippen MR) is 151 cm³/mol. The van der Waals surface area contributed by atoms with E-state index in [-0.39, 0.29) is 37.1 Å². The Kier molecular flexibility index (Phi) is 9.07. The number of alkyl halides is 2. The fourth-order valence-electron chi connectivity index (χ4n) is 5.70. The van der Waals surface area contributed by atoms with Crippen LogP contribution in [0.4, 0.5) is 23.2 Å². The average Bonchev–Trinajstić information content (AvgIpc) is 3.29. The highest BCUT2D eigenvalue weighted by molar-refractivity contribution is 6.04. The summed E-state index contributed by atoms with van der Waals surface area (Å²) in [5, 5.41) is 12.6. The van der Waals surface area contributed by atoms with Crippen LogP contribution in [0.1, 0.15) is 77.0 Å². The maximum absolute atomic E-state index is 16.0. The number of carbonyl (C=O) groups is 2. The highest BCUT2D eigenvalue weighted by atomic mass is 19.3. The third kappa shape index (κ3) is 7.09. The first-order chi connectivity index (χ1) is 20.1. The molecule has 2 aliphatic rings. The largest absolute Gasteiger partial charge is 0.377 e. The van der Waals surface area contributed by atoms with Gasteiger partial charge in [0, 0.05) is 44.2 Å². The summed E-state index contributed by atoms with van der Waals surface area (Å²) >= 11 is 0. The van der Waals surface area contributed by atoms with Crippen molar-refractivity contribution in [3.05, 3.63) is 59.4 Å². The first-order valence-electron chi connectivity index (χ1n) is 14.2. The molecule has 4 rings (SSSR count). The Morgan fingerprint density at radius 1 is 1.19 bits per heavy atom. The fraction of sp³-hybridized carbons (Fsp3) is 0.548. The number of nitriles is 1. The lowest BCUT2D eigenvalue weighted by molar-refractivity contribution is -0.129. The summed E-state index contributed by atoms with van der Waals surface area (Å²) in [6, 6.07) is 1.89. The Hall–Kier alpha value is -3.72. The van der Waals surface area contributed by atoms with Gasteiger partial charge in [-0.1, -0.05) is 26.8 Å². The number of anilines is 1. The molecule has 12 heteroatoms. The second-order valence-corrected chi connectivity index (χ2v) is 12.7. The summed E-state index contributed by atoms with van der Waals surface area (Å²) in [6.07, 6.45) is 3.30. The lowest BCUT2D eigenvalue weighted by atomic mass is 9.86. The molecule has 0 bridgehead atoms. The molecule has 43 heavy (non-hydrogen) atoms. The van der Waals surface area contributed by atoms with E-state index in [1.165, 1.54) is 30.3 Å². The molecule has 0 spiro atoms. The molecule has 8 nitrogen and oxygen atoms in total. The van der Waals surface area contributed by atoms with Crippen molar-refractivity contribution in [2.45, 2.75) is 94.9 Å². The molecule has 1 aromatic heterocycles. The van der Waals surface area contributed by atoms with Gasteiger partial charge in [-0.15, -0.1) is 0 Å². The standard InChI is InChI=1S/C31H37F4N5O3/c1-29(2,3)20-6-7-24(23(33)13-20)40(28(42)25-14-30(4,43-5)17-39(25)18-36)26(19-12-21(32)16-37-15-19)27(41)38-22-8-10-31(34,35)11-9-22/h6-7,12-13,15-16,22,25-26H,8-11,14,17H2,1-5H3,(H,38,41)/t25-,26?,30-/m1/s1. The van der Waals surface area contributed by atoms with Crippen molar-refractivity contribution in [1.82, 2.24) is 15.2 Å². The smallest absolute Gasteiger partial charge is 0.251 e. The van der Waals surface area contributed by atoms with E-state index in [0.717, 1.165) is 17.2 Å². The number of nitrogens with one attached hydrogen (secondary N) is 1. The number of aromatic nitrogens is 1. The fourth-order valence-corrected chi connectivity index (χ4v) is 5.70. The molecule has 1 saturated heterocycles. The number of rotatable bonds is 7. The van der Waals surface area contributed by atoms with Gasteiger partial charge in [0.2, 0.25) is 11.8 Å². The molecule has 2 heterocycles. The first-order valence-corrected chi connectivity index (χ1v) is 14.2. The van der Waals surface area contributed by atoms with Crippen molar-refractivity contribution in [3.8, 4) is 6.19 Å². The minimum Gasteiger partial charge on any atom is -0.377 e. The Labute approximate surface area is 249 Å². The molecule has 1 aliphatic carbocycles. The Morgan fingerprint density at radius 3 is 2.42 bits per heavy atom. The highest BCUT2D eigenvalue weighted by Gasteiger charge is 2.49. The quantitative estimate of drug-likeness (QED) is 0.337. The topological polar surface area (TPSA) is 98.6 Å². The van der Waals surface area contributed by atoms with Gasteiger partial charge < -0.3 is 10.1 Å². The van der Waals surface area contributed by atoms with Gasteiger partial charge in [0.1, 0.15) is 23.7 Å². The van der Waals surface area contributed by atoms with E-state index in [4.69, 9.17) is 4.74 Å². The zero-order chi connectivity index (χ0) is 31.7. The molecule has 2 amide bonds. The van der Waals surface area contributed by atoms with Crippen LogP contribution in [-0.4, -0.2) is 59.0 Å². The number of nitrogens with zero attached hydrogens (tertiary/aromatic N) is 4. The number of hydrogen-bond donors (Lipinski definition) is 1. The number of likely N-dealkylation sites (tertiary alicyclic amines) is 1. The number of ether oxygens (including phenoxy) is 1. The number of hydrogen-bond acceptors (Lipinski definition) is 6. The van der Waals surface area contributed by atoms with Gasteiger partial charge in [-0.05, 0) is 48.9 Å². The summed E-state index contributed by atoms with van der Waals surface area (Å²) in [4.78, 5) is 34.5. The molecule has 1 aromatic carbocycles. The summed E-state index contributed by atoms with van der Waals surface area (Å²) < 4.78 is 63.8. The van der Waals surface area contributed by atoms with Crippen molar-refractivity contribution >= 4 is 17.5 Å². The van der Waals surface area contributed by atoms with Gasteiger partial charge >= 0.3 is 0 Å². The summed E-state index contributed by atoms with van der Waals surface area (Å²) in [6.45, 7) is 7.47. The maximum Gasteiger partial charge on any atom is 0.251 e. The van der Waals surface area contributed by atoms with Crippen LogP contribution in [-0.2, 0) is 19.7 Å². The molecule has 1 saturated carbocycles.